The van der Waals surface area contributed by atoms with Crippen molar-refractivity contribution >= 4 is 5.69 Å². The molecule has 1 aromatic carbocycles. The van der Waals surface area contributed by atoms with Crippen molar-refractivity contribution in [1.29, 1.82) is 0 Å². The molecule has 2 aliphatic heterocycles. The fourth-order valence-electron chi connectivity index (χ4n) is 3.06. The molecule has 2 aliphatic rings. The van der Waals surface area contributed by atoms with Gasteiger partial charge in [-0.1, -0.05) is 0 Å². The largest absolute Gasteiger partial charge is 0.497 e. The Bertz CT molecular complexity index is 419. The molecule has 1 fully saturated rings. The first kappa shape index (κ1) is 10.9. The van der Waals surface area contributed by atoms with Gasteiger partial charge in [0.05, 0.1) is 13.2 Å². The van der Waals surface area contributed by atoms with Gasteiger partial charge in [-0.25, -0.2) is 0 Å². The highest BCUT2D eigenvalue weighted by molar-refractivity contribution is 5.59. The Morgan fingerprint density at radius 1 is 1.41 bits per heavy atom. The molecule has 3 nitrogen and oxygen atoms in total. The van der Waals surface area contributed by atoms with Crippen LogP contribution in [0.1, 0.15) is 24.5 Å². The summed E-state index contributed by atoms with van der Waals surface area (Å²) in [6, 6.07) is 6.30. The minimum absolute atomic E-state index is 0.269. The van der Waals surface area contributed by atoms with Crippen molar-refractivity contribution in [1.82, 2.24) is 0 Å². The van der Waals surface area contributed by atoms with E-state index in [2.05, 4.69) is 24.1 Å². The van der Waals surface area contributed by atoms with Gasteiger partial charge >= 0.3 is 0 Å². The van der Waals surface area contributed by atoms with E-state index in [1.54, 1.807) is 7.11 Å². The monoisotopic (exact) mass is 233 g/mol. The van der Waals surface area contributed by atoms with Crippen LogP contribution in [0.15, 0.2) is 18.2 Å². The maximum absolute atomic E-state index is 5.97. The summed E-state index contributed by atoms with van der Waals surface area (Å²) < 4.78 is 11.3. The highest BCUT2D eigenvalue weighted by atomic mass is 16.5. The lowest BCUT2D eigenvalue weighted by atomic mass is 9.85. The highest BCUT2D eigenvalue weighted by Crippen LogP contribution is 2.44. The van der Waals surface area contributed by atoms with E-state index in [-0.39, 0.29) is 6.10 Å². The van der Waals surface area contributed by atoms with Crippen LogP contribution in [-0.4, -0.2) is 27.3 Å². The van der Waals surface area contributed by atoms with Crippen molar-refractivity contribution in [3.8, 4) is 5.75 Å². The zero-order chi connectivity index (χ0) is 11.8. The van der Waals surface area contributed by atoms with Gasteiger partial charge in [0, 0.05) is 37.4 Å². The SMILES string of the molecule is COc1ccc2c(c1)C1OCCCC1CN2C. The Morgan fingerprint density at radius 2 is 2.29 bits per heavy atom. The van der Waals surface area contributed by atoms with Crippen LogP contribution < -0.4 is 9.64 Å². The summed E-state index contributed by atoms with van der Waals surface area (Å²) in [5.41, 5.74) is 2.58. The number of ether oxygens (including phenoxy) is 2. The van der Waals surface area contributed by atoms with Crippen molar-refractivity contribution in [2.75, 3.05) is 32.2 Å². The number of rotatable bonds is 1. The fourth-order valence-corrected chi connectivity index (χ4v) is 3.06. The second-order valence-electron chi connectivity index (χ2n) is 5.00. The second-order valence-corrected chi connectivity index (χ2v) is 5.00. The third-order valence-corrected chi connectivity index (χ3v) is 3.91. The standard InChI is InChI=1S/C14H19NO2/c1-15-9-10-4-3-7-17-14(10)12-8-11(16-2)5-6-13(12)15/h5-6,8,10,14H,3-4,7,9H2,1-2H3. The first-order valence-corrected chi connectivity index (χ1v) is 6.30. The van der Waals surface area contributed by atoms with Crippen LogP contribution in [0, 0.1) is 5.92 Å². The molecule has 2 unspecified atom stereocenters. The van der Waals surface area contributed by atoms with Gasteiger partial charge in [-0.05, 0) is 31.0 Å². The number of nitrogens with zero attached hydrogens (tertiary/aromatic N) is 1. The Morgan fingerprint density at radius 3 is 3.12 bits per heavy atom. The van der Waals surface area contributed by atoms with Gasteiger partial charge in [-0.15, -0.1) is 0 Å². The molecule has 3 heteroatoms. The minimum Gasteiger partial charge on any atom is -0.497 e. The molecule has 0 spiro atoms. The summed E-state index contributed by atoms with van der Waals surface area (Å²) in [5.74, 6) is 1.56. The lowest BCUT2D eigenvalue weighted by molar-refractivity contribution is -0.0288. The van der Waals surface area contributed by atoms with E-state index in [0.717, 1.165) is 18.9 Å². The summed E-state index contributed by atoms with van der Waals surface area (Å²) in [4.78, 5) is 2.34. The van der Waals surface area contributed by atoms with Crippen LogP contribution in [0.3, 0.4) is 0 Å². The molecule has 3 rings (SSSR count). The average Bonchev–Trinajstić information content (AvgIpc) is 2.38. The molecule has 0 aliphatic carbocycles. The molecule has 1 aromatic rings. The highest BCUT2D eigenvalue weighted by Gasteiger charge is 2.35. The van der Waals surface area contributed by atoms with Crippen LogP contribution in [0.4, 0.5) is 5.69 Å². The summed E-state index contributed by atoms with van der Waals surface area (Å²) in [6.45, 7) is 1.99. The number of hydrogen-bond acceptors (Lipinski definition) is 3. The van der Waals surface area contributed by atoms with E-state index in [1.165, 1.54) is 24.1 Å². The summed E-state index contributed by atoms with van der Waals surface area (Å²) in [6.07, 6.45) is 2.73. The van der Waals surface area contributed by atoms with Crippen molar-refractivity contribution in [2.24, 2.45) is 5.92 Å². The van der Waals surface area contributed by atoms with Gasteiger partial charge in [0.2, 0.25) is 0 Å². The van der Waals surface area contributed by atoms with E-state index in [0.29, 0.717) is 5.92 Å². The molecule has 0 aromatic heterocycles. The first-order chi connectivity index (χ1) is 8.29. The summed E-state index contributed by atoms with van der Waals surface area (Å²) in [5, 5.41) is 0. The number of benzene rings is 1. The predicted octanol–water partition coefficient (Wildman–Crippen LogP) is 2.61. The van der Waals surface area contributed by atoms with Crippen molar-refractivity contribution in [3.63, 3.8) is 0 Å². The minimum atomic E-state index is 0.269. The fraction of sp³-hybridized carbons (Fsp3) is 0.571. The van der Waals surface area contributed by atoms with Gasteiger partial charge in [0.15, 0.2) is 0 Å². The number of methoxy groups -OCH3 is 1. The van der Waals surface area contributed by atoms with Crippen molar-refractivity contribution < 1.29 is 9.47 Å². The average molecular weight is 233 g/mol. The molecular formula is C14H19NO2. The molecule has 92 valence electrons. The van der Waals surface area contributed by atoms with Crippen LogP contribution in [-0.2, 0) is 4.74 Å². The van der Waals surface area contributed by atoms with Gasteiger partial charge in [0.1, 0.15) is 5.75 Å². The Balaban J connectivity index is 2.03. The molecule has 0 bridgehead atoms. The van der Waals surface area contributed by atoms with E-state index >= 15 is 0 Å². The molecule has 1 saturated heterocycles. The Kier molecular flexibility index (Phi) is 2.71. The maximum Gasteiger partial charge on any atom is 0.119 e. The Hall–Kier alpha value is -1.22. The molecule has 0 saturated carbocycles. The zero-order valence-corrected chi connectivity index (χ0v) is 10.5. The molecule has 17 heavy (non-hydrogen) atoms. The maximum atomic E-state index is 5.97. The molecule has 0 amide bonds. The molecule has 0 radical (unpaired) electrons. The number of hydrogen-bond donors (Lipinski definition) is 0. The first-order valence-electron chi connectivity index (χ1n) is 6.30. The van der Waals surface area contributed by atoms with Crippen LogP contribution in [0.25, 0.3) is 0 Å². The topological polar surface area (TPSA) is 21.7 Å². The smallest absolute Gasteiger partial charge is 0.119 e. The molecular weight excluding hydrogens is 214 g/mol. The zero-order valence-electron chi connectivity index (χ0n) is 10.5. The molecule has 2 heterocycles. The van der Waals surface area contributed by atoms with Gasteiger partial charge in [-0.3, -0.25) is 0 Å². The Labute approximate surface area is 102 Å². The third-order valence-electron chi connectivity index (χ3n) is 3.91. The van der Waals surface area contributed by atoms with Gasteiger partial charge < -0.3 is 14.4 Å². The van der Waals surface area contributed by atoms with E-state index in [1.807, 2.05) is 6.07 Å². The van der Waals surface area contributed by atoms with Crippen molar-refractivity contribution in [3.05, 3.63) is 23.8 Å². The predicted molar refractivity (Wildman–Crippen MR) is 67.7 cm³/mol. The van der Waals surface area contributed by atoms with Gasteiger partial charge in [-0.2, -0.15) is 0 Å². The third kappa shape index (κ3) is 1.78. The lowest BCUT2D eigenvalue weighted by Crippen LogP contribution is -2.38. The quantitative estimate of drug-likeness (QED) is 0.744. The van der Waals surface area contributed by atoms with Crippen LogP contribution in [0.5, 0.6) is 5.75 Å². The van der Waals surface area contributed by atoms with Crippen LogP contribution >= 0.6 is 0 Å². The molecule has 0 N–H and O–H groups in total. The van der Waals surface area contributed by atoms with Crippen molar-refractivity contribution in [2.45, 2.75) is 18.9 Å². The van der Waals surface area contributed by atoms with Crippen LogP contribution in [0.2, 0.25) is 0 Å². The van der Waals surface area contributed by atoms with E-state index in [4.69, 9.17) is 9.47 Å². The van der Waals surface area contributed by atoms with E-state index < -0.39 is 0 Å². The second kappa shape index (κ2) is 4.22. The number of fused-ring (bicyclic) bond motifs is 3. The summed E-state index contributed by atoms with van der Waals surface area (Å²) >= 11 is 0. The van der Waals surface area contributed by atoms with Gasteiger partial charge in [0.25, 0.3) is 0 Å². The summed E-state index contributed by atoms with van der Waals surface area (Å²) in [7, 11) is 3.88. The molecule has 2 atom stereocenters. The lowest BCUT2D eigenvalue weighted by Gasteiger charge is -2.41. The number of anilines is 1. The normalized spacial score (nSPS) is 27.3. The van der Waals surface area contributed by atoms with E-state index in [9.17, 15) is 0 Å².